The normalized spacial score (nSPS) is 17.4. The smallest absolute Gasteiger partial charge is 0.0409 e. The van der Waals surface area contributed by atoms with Gasteiger partial charge in [0.15, 0.2) is 0 Å². The SMILES string of the molecule is CCCC(CC(C)CC)CC(C)CC(C)C. The zero-order valence-corrected chi connectivity index (χ0v) is 12.6. The molecule has 0 bridgehead atoms. The molecule has 0 amide bonds. The predicted molar refractivity (Wildman–Crippen MR) is 75.7 cm³/mol. The molecule has 0 aromatic carbocycles. The summed E-state index contributed by atoms with van der Waals surface area (Å²) in [5.74, 6) is 3.68. The van der Waals surface area contributed by atoms with Crippen LogP contribution in [0.1, 0.15) is 80.1 Å². The van der Waals surface area contributed by atoms with Crippen molar-refractivity contribution in [3.8, 4) is 0 Å². The van der Waals surface area contributed by atoms with Gasteiger partial charge in [0.2, 0.25) is 0 Å². The van der Waals surface area contributed by atoms with E-state index in [1.54, 1.807) is 0 Å². The van der Waals surface area contributed by atoms with E-state index < -0.39 is 0 Å². The first kappa shape index (κ1) is 16.0. The highest BCUT2D eigenvalue weighted by Crippen LogP contribution is 2.28. The number of hydrogen-bond donors (Lipinski definition) is 0. The third-order valence-electron chi connectivity index (χ3n) is 3.74. The van der Waals surface area contributed by atoms with Crippen LogP contribution in [0.3, 0.4) is 0 Å². The molecule has 0 heteroatoms. The fourth-order valence-corrected chi connectivity index (χ4v) is 2.95. The highest BCUT2D eigenvalue weighted by molar-refractivity contribution is 4.67. The van der Waals surface area contributed by atoms with E-state index >= 15 is 0 Å². The first-order valence-electron chi connectivity index (χ1n) is 7.49. The van der Waals surface area contributed by atoms with Gasteiger partial charge in [-0.1, -0.05) is 60.8 Å². The molecule has 3 unspecified atom stereocenters. The molecule has 98 valence electrons. The van der Waals surface area contributed by atoms with E-state index in [4.69, 9.17) is 0 Å². The van der Waals surface area contributed by atoms with Gasteiger partial charge in [-0.2, -0.15) is 0 Å². The van der Waals surface area contributed by atoms with Crippen LogP contribution in [0.5, 0.6) is 0 Å². The van der Waals surface area contributed by atoms with E-state index in [0.717, 1.165) is 23.7 Å². The molecule has 0 aromatic rings. The van der Waals surface area contributed by atoms with E-state index in [0.29, 0.717) is 0 Å². The maximum absolute atomic E-state index is 2.44. The highest BCUT2D eigenvalue weighted by Gasteiger charge is 2.15. The van der Waals surface area contributed by atoms with Crippen molar-refractivity contribution in [3.05, 3.63) is 0 Å². The summed E-state index contributed by atoms with van der Waals surface area (Å²) in [5.41, 5.74) is 0. The van der Waals surface area contributed by atoms with Crippen LogP contribution in [-0.2, 0) is 0 Å². The Morgan fingerprint density at radius 3 is 1.75 bits per heavy atom. The first-order chi connectivity index (χ1) is 7.49. The summed E-state index contributed by atoms with van der Waals surface area (Å²) in [6.45, 7) is 14.2. The van der Waals surface area contributed by atoms with Crippen molar-refractivity contribution < 1.29 is 0 Å². The third-order valence-corrected chi connectivity index (χ3v) is 3.74. The molecule has 0 radical (unpaired) electrons. The second-order valence-corrected chi connectivity index (χ2v) is 6.37. The minimum atomic E-state index is 0.862. The summed E-state index contributed by atoms with van der Waals surface area (Å²) in [4.78, 5) is 0. The molecule has 3 atom stereocenters. The Balaban J connectivity index is 4.00. The topological polar surface area (TPSA) is 0 Å². The predicted octanol–water partition coefficient (Wildman–Crippen LogP) is 5.91. The van der Waals surface area contributed by atoms with Crippen LogP contribution in [0.15, 0.2) is 0 Å². The molecule has 0 aliphatic carbocycles. The van der Waals surface area contributed by atoms with E-state index in [9.17, 15) is 0 Å². The summed E-state index contributed by atoms with van der Waals surface area (Å²) < 4.78 is 0. The Morgan fingerprint density at radius 1 is 0.750 bits per heavy atom. The van der Waals surface area contributed by atoms with Gasteiger partial charge >= 0.3 is 0 Å². The van der Waals surface area contributed by atoms with Gasteiger partial charge < -0.3 is 0 Å². The van der Waals surface area contributed by atoms with Crippen molar-refractivity contribution in [2.24, 2.45) is 23.7 Å². The van der Waals surface area contributed by atoms with E-state index in [2.05, 4.69) is 41.5 Å². The van der Waals surface area contributed by atoms with Gasteiger partial charge in [0.1, 0.15) is 0 Å². The zero-order chi connectivity index (χ0) is 12.6. The Kier molecular flexibility index (Phi) is 9.07. The molecule has 0 saturated carbocycles. The van der Waals surface area contributed by atoms with Crippen LogP contribution in [0.2, 0.25) is 0 Å². The van der Waals surface area contributed by atoms with Crippen molar-refractivity contribution in [2.75, 3.05) is 0 Å². The lowest BCUT2D eigenvalue weighted by atomic mass is 9.82. The lowest BCUT2D eigenvalue weighted by Crippen LogP contribution is -2.12. The Labute approximate surface area is 104 Å². The average Bonchev–Trinajstić information content (AvgIpc) is 2.16. The molecule has 0 aromatic heterocycles. The maximum atomic E-state index is 2.44. The lowest BCUT2D eigenvalue weighted by Gasteiger charge is -2.24. The largest absolute Gasteiger partial charge is 0.0654 e. The summed E-state index contributed by atoms with van der Waals surface area (Å²) in [5, 5.41) is 0. The van der Waals surface area contributed by atoms with Crippen LogP contribution in [-0.4, -0.2) is 0 Å². The fraction of sp³-hybridized carbons (Fsp3) is 1.00. The molecule has 0 heterocycles. The van der Waals surface area contributed by atoms with Crippen LogP contribution in [0.25, 0.3) is 0 Å². The van der Waals surface area contributed by atoms with Crippen molar-refractivity contribution in [1.29, 1.82) is 0 Å². The summed E-state index contributed by atoms with van der Waals surface area (Å²) >= 11 is 0. The Bertz CT molecular complexity index is 148. The van der Waals surface area contributed by atoms with E-state index in [1.807, 2.05) is 0 Å². The molecule has 16 heavy (non-hydrogen) atoms. The summed E-state index contributed by atoms with van der Waals surface area (Å²) in [6, 6.07) is 0. The summed E-state index contributed by atoms with van der Waals surface area (Å²) in [7, 11) is 0. The molecule has 0 N–H and O–H groups in total. The van der Waals surface area contributed by atoms with Gasteiger partial charge in [-0.3, -0.25) is 0 Å². The molecule has 0 aliphatic rings. The van der Waals surface area contributed by atoms with Crippen LogP contribution in [0.4, 0.5) is 0 Å². The van der Waals surface area contributed by atoms with Crippen molar-refractivity contribution >= 4 is 0 Å². The minimum absolute atomic E-state index is 0.862. The number of hydrogen-bond acceptors (Lipinski definition) is 0. The molecule has 0 rings (SSSR count). The third kappa shape index (κ3) is 8.19. The van der Waals surface area contributed by atoms with Gasteiger partial charge in [-0.15, -0.1) is 0 Å². The van der Waals surface area contributed by atoms with Gasteiger partial charge in [-0.05, 0) is 42.9 Å². The molecule has 0 aliphatic heterocycles. The standard InChI is InChI=1S/C16H34/c1-7-9-16(11-14(5)8-2)12-15(6)10-13(3)4/h13-16H,7-12H2,1-6H3. The second kappa shape index (κ2) is 9.07. The molecular formula is C16H34. The Morgan fingerprint density at radius 2 is 1.31 bits per heavy atom. The molecule has 0 nitrogen and oxygen atoms in total. The molecular weight excluding hydrogens is 192 g/mol. The maximum Gasteiger partial charge on any atom is -0.0409 e. The average molecular weight is 226 g/mol. The van der Waals surface area contributed by atoms with Crippen molar-refractivity contribution in [2.45, 2.75) is 80.1 Å². The van der Waals surface area contributed by atoms with Gasteiger partial charge in [-0.25, -0.2) is 0 Å². The van der Waals surface area contributed by atoms with Gasteiger partial charge in [0.25, 0.3) is 0 Å². The van der Waals surface area contributed by atoms with Gasteiger partial charge in [0.05, 0.1) is 0 Å². The quantitative estimate of drug-likeness (QED) is 0.458. The molecule has 0 spiro atoms. The molecule has 0 fully saturated rings. The van der Waals surface area contributed by atoms with Crippen LogP contribution in [0, 0.1) is 23.7 Å². The fourth-order valence-electron chi connectivity index (χ4n) is 2.95. The van der Waals surface area contributed by atoms with Crippen molar-refractivity contribution in [1.82, 2.24) is 0 Å². The van der Waals surface area contributed by atoms with Crippen LogP contribution < -0.4 is 0 Å². The summed E-state index contributed by atoms with van der Waals surface area (Å²) in [6.07, 6.45) is 8.45. The second-order valence-electron chi connectivity index (χ2n) is 6.37. The highest BCUT2D eigenvalue weighted by atomic mass is 14.2. The van der Waals surface area contributed by atoms with Crippen molar-refractivity contribution in [3.63, 3.8) is 0 Å². The zero-order valence-electron chi connectivity index (χ0n) is 12.6. The monoisotopic (exact) mass is 226 g/mol. The minimum Gasteiger partial charge on any atom is -0.0654 e. The van der Waals surface area contributed by atoms with E-state index in [1.165, 1.54) is 38.5 Å². The Hall–Kier alpha value is 0. The van der Waals surface area contributed by atoms with E-state index in [-0.39, 0.29) is 0 Å². The molecule has 0 saturated heterocycles. The lowest BCUT2D eigenvalue weighted by molar-refractivity contribution is 0.279. The number of rotatable bonds is 9. The van der Waals surface area contributed by atoms with Crippen LogP contribution >= 0.6 is 0 Å². The first-order valence-corrected chi connectivity index (χ1v) is 7.49. The van der Waals surface area contributed by atoms with Gasteiger partial charge in [0, 0.05) is 0 Å².